The lowest BCUT2D eigenvalue weighted by molar-refractivity contribution is -0.136. The van der Waals surface area contributed by atoms with E-state index in [1.54, 1.807) is 37.3 Å². The number of rotatable bonds is 4. The highest BCUT2D eigenvalue weighted by Crippen LogP contribution is 2.35. The maximum atomic E-state index is 13.2. The molecule has 0 aromatic heterocycles. The zero-order valence-corrected chi connectivity index (χ0v) is 17.1. The number of allylic oxidation sites excluding steroid dienone is 1. The van der Waals surface area contributed by atoms with Crippen molar-refractivity contribution in [3.8, 4) is 0 Å². The predicted molar refractivity (Wildman–Crippen MR) is 112 cm³/mol. The number of hydrogen-bond donors (Lipinski definition) is 0. The van der Waals surface area contributed by atoms with Gasteiger partial charge in [-0.25, -0.2) is 4.79 Å². The van der Waals surface area contributed by atoms with Crippen molar-refractivity contribution < 1.29 is 14.3 Å². The van der Waals surface area contributed by atoms with Gasteiger partial charge in [-0.1, -0.05) is 49.7 Å². The Morgan fingerprint density at radius 1 is 1.07 bits per heavy atom. The minimum absolute atomic E-state index is 0.270. The van der Waals surface area contributed by atoms with Crippen LogP contribution in [0.4, 0.5) is 5.69 Å². The summed E-state index contributed by atoms with van der Waals surface area (Å²) in [6.45, 7) is 5.99. The lowest BCUT2D eigenvalue weighted by Crippen LogP contribution is -2.24. The van der Waals surface area contributed by atoms with Crippen molar-refractivity contribution in [2.24, 2.45) is 0 Å². The maximum absolute atomic E-state index is 13.2. The van der Waals surface area contributed by atoms with Crippen molar-refractivity contribution in [2.45, 2.75) is 26.7 Å². The van der Waals surface area contributed by atoms with Crippen LogP contribution >= 0.6 is 11.6 Å². The van der Waals surface area contributed by atoms with E-state index in [-0.39, 0.29) is 11.5 Å². The fourth-order valence-corrected chi connectivity index (χ4v) is 3.35. The third kappa shape index (κ3) is 3.73. The van der Waals surface area contributed by atoms with E-state index in [1.807, 2.05) is 24.3 Å². The van der Waals surface area contributed by atoms with Gasteiger partial charge in [-0.05, 0) is 54.3 Å². The van der Waals surface area contributed by atoms with Crippen LogP contribution in [0.3, 0.4) is 0 Å². The van der Waals surface area contributed by atoms with Gasteiger partial charge in [0, 0.05) is 16.4 Å². The summed E-state index contributed by atoms with van der Waals surface area (Å²) in [5.74, 6) is -0.386. The molecule has 0 fully saturated rings. The Bertz CT molecular complexity index is 970. The SMILES string of the molecule is COC(=O)C1=C(C)N(c2ccc(Cl)cc2)C(=O)/C1=C\c1ccc(C(C)C)cc1. The molecule has 1 heterocycles. The minimum atomic E-state index is -0.535. The summed E-state index contributed by atoms with van der Waals surface area (Å²) >= 11 is 5.96. The number of esters is 1. The molecule has 0 atom stereocenters. The van der Waals surface area contributed by atoms with E-state index in [0.717, 1.165) is 5.56 Å². The molecule has 28 heavy (non-hydrogen) atoms. The molecule has 2 aromatic rings. The fourth-order valence-electron chi connectivity index (χ4n) is 3.22. The van der Waals surface area contributed by atoms with Gasteiger partial charge in [0.1, 0.15) is 0 Å². The van der Waals surface area contributed by atoms with Crippen molar-refractivity contribution in [2.75, 3.05) is 12.0 Å². The standard InChI is InChI=1S/C23H22ClNO3/c1-14(2)17-7-5-16(6-8-17)13-20-21(23(27)28-4)15(3)25(22(20)26)19-11-9-18(24)10-12-19/h5-14H,1-4H3/b20-13-. The van der Waals surface area contributed by atoms with E-state index in [0.29, 0.717) is 27.9 Å². The maximum Gasteiger partial charge on any atom is 0.340 e. The van der Waals surface area contributed by atoms with E-state index in [9.17, 15) is 9.59 Å². The number of ether oxygens (including phenoxy) is 1. The molecule has 0 spiro atoms. The monoisotopic (exact) mass is 395 g/mol. The summed E-state index contributed by atoms with van der Waals surface area (Å²) in [7, 11) is 1.31. The Labute approximate surface area is 170 Å². The van der Waals surface area contributed by atoms with Gasteiger partial charge in [0.2, 0.25) is 0 Å². The van der Waals surface area contributed by atoms with Crippen molar-refractivity contribution in [1.29, 1.82) is 0 Å². The van der Waals surface area contributed by atoms with Crippen molar-refractivity contribution in [3.63, 3.8) is 0 Å². The lowest BCUT2D eigenvalue weighted by Gasteiger charge is -2.17. The first-order valence-corrected chi connectivity index (χ1v) is 9.42. The first kappa shape index (κ1) is 19.9. The van der Waals surface area contributed by atoms with Crippen LogP contribution in [-0.2, 0) is 14.3 Å². The second kappa shape index (κ2) is 8.03. The largest absolute Gasteiger partial charge is 0.465 e. The molecule has 0 N–H and O–H groups in total. The van der Waals surface area contributed by atoms with Gasteiger partial charge in [-0.2, -0.15) is 0 Å². The molecule has 144 valence electrons. The van der Waals surface area contributed by atoms with E-state index in [1.165, 1.54) is 17.6 Å². The predicted octanol–water partition coefficient (Wildman–Crippen LogP) is 5.34. The summed E-state index contributed by atoms with van der Waals surface area (Å²) < 4.78 is 4.94. The Morgan fingerprint density at radius 3 is 2.21 bits per heavy atom. The van der Waals surface area contributed by atoms with Gasteiger partial charge >= 0.3 is 5.97 Å². The lowest BCUT2D eigenvalue weighted by atomic mass is 9.99. The molecule has 0 aliphatic carbocycles. The van der Waals surface area contributed by atoms with Crippen LogP contribution in [0.1, 0.15) is 37.8 Å². The Hall–Kier alpha value is -2.85. The molecule has 0 radical (unpaired) electrons. The summed E-state index contributed by atoms with van der Waals surface area (Å²) in [5, 5.41) is 0.575. The van der Waals surface area contributed by atoms with Crippen LogP contribution in [0.2, 0.25) is 5.02 Å². The average molecular weight is 396 g/mol. The molecule has 3 rings (SSSR count). The van der Waals surface area contributed by atoms with E-state index >= 15 is 0 Å². The van der Waals surface area contributed by atoms with E-state index in [2.05, 4.69) is 13.8 Å². The summed E-state index contributed by atoms with van der Waals surface area (Å²) in [6, 6.07) is 14.9. The molecular formula is C23H22ClNO3. The molecule has 4 nitrogen and oxygen atoms in total. The highest BCUT2D eigenvalue weighted by Gasteiger charge is 2.37. The number of methoxy groups -OCH3 is 1. The molecule has 1 aliphatic rings. The van der Waals surface area contributed by atoms with Crippen molar-refractivity contribution >= 4 is 35.2 Å². The number of carbonyl (C=O) groups excluding carboxylic acids is 2. The molecule has 0 saturated heterocycles. The third-order valence-electron chi connectivity index (χ3n) is 4.79. The van der Waals surface area contributed by atoms with Crippen LogP contribution in [0.25, 0.3) is 6.08 Å². The molecule has 0 saturated carbocycles. The third-order valence-corrected chi connectivity index (χ3v) is 5.04. The molecule has 0 unspecified atom stereocenters. The Morgan fingerprint density at radius 2 is 1.68 bits per heavy atom. The summed E-state index contributed by atoms with van der Waals surface area (Å²) in [6.07, 6.45) is 1.73. The number of hydrogen-bond acceptors (Lipinski definition) is 3. The topological polar surface area (TPSA) is 46.6 Å². The first-order chi connectivity index (χ1) is 13.3. The molecule has 5 heteroatoms. The quantitative estimate of drug-likeness (QED) is 0.518. The van der Waals surface area contributed by atoms with E-state index < -0.39 is 5.97 Å². The highest BCUT2D eigenvalue weighted by atomic mass is 35.5. The number of amides is 1. The zero-order valence-electron chi connectivity index (χ0n) is 16.3. The Kier molecular flexibility index (Phi) is 5.71. The minimum Gasteiger partial charge on any atom is -0.465 e. The summed E-state index contributed by atoms with van der Waals surface area (Å²) in [4.78, 5) is 27.1. The average Bonchev–Trinajstić information content (AvgIpc) is 2.92. The van der Waals surface area contributed by atoms with Crippen molar-refractivity contribution in [1.82, 2.24) is 0 Å². The first-order valence-electron chi connectivity index (χ1n) is 9.04. The van der Waals surface area contributed by atoms with Gasteiger partial charge in [0.15, 0.2) is 0 Å². The normalized spacial score (nSPS) is 15.7. The smallest absolute Gasteiger partial charge is 0.340 e. The van der Waals surface area contributed by atoms with Gasteiger partial charge in [0.05, 0.1) is 18.3 Å². The van der Waals surface area contributed by atoms with Crippen LogP contribution in [0.15, 0.2) is 65.4 Å². The van der Waals surface area contributed by atoms with Crippen molar-refractivity contribution in [3.05, 3.63) is 81.5 Å². The molecule has 2 aromatic carbocycles. The second-order valence-electron chi connectivity index (χ2n) is 6.95. The van der Waals surface area contributed by atoms with Gasteiger partial charge < -0.3 is 4.74 Å². The highest BCUT2D eigenvalue weighted by molar-refractivity contribution is 6.30. The molecule has 1 aliphatic heterocycles. The molecular weight excluding hydrogens is 374 g/mol. The number of halogens is 1. The van der Waals surface area contributed by atoms with Crippen LogP contribution in [0, 0.1) is 0 Å². The van der Waals surface area contributed by atoms with Crippen LogP contribution in [-0.4, -0.2) is 19.0 Å². The Balaban J connectivity index is 2.07. The fraction of sp³-hybridized carbons (Fsp3) is 0.217. The summed E-state index contributed by atoms with van der Waals surface area (Å²) in [5.41, 5.74) is 3.82. The van der Waals surface area contributed by atoms with Crippen LogP contribution < -0.4 is 4.90 Å². The number of anilines is 1. The number of nitrogens with zero attached hydrogens (tertiary/aromatic N) is 1. The second-order valence-corrected chi connectivity index (χ2v) is 7.38. The van der Waals surface area contributed by atoms with Gasteiger partial charge in [-0.15, -0.1) is 0 Å². The molecule has 1 amide bonds. The number of benzene rings is 2. The zero-order chi connectivity index (χ0) is 20.4. The van der Waals surface area contributed by atoms with E-state index in [4.69, 9.17) is 16.3 Å². The van der Waals surface area contributed by atoms with Gasteiger partial charge in [0.25, 0.3) is 5.91 Å². The van der Waals surface area contributed by atoms with Gasteiger partial charge in [-0.3, -0.25) is 9.69 Å². The number of carbonyl (C=O) groups is 2. The van der Waals surface area contributed by atoms with Crippen LogP contribution in [0.5, 0.6) is 0 Å². The molecule has 0 bridgehead atoms.